The van der Waals surface area contributed by atoms with Gasteiger partial charge in [-0.05, 0) is 18.9 Å². The first-order chi connectivity index (χ1) is 13.0. The number of aliphatic hydroxyl groups excluding tert-OH is 1. The Morgan fingerprint density at radius 3 is 2.63 bits per heavy atom. The summed E-state index contributed by atoms with van der Waals surface area (Å²) in [5.74, 6) is -0.678. The van der Waals surface area contributed by atoms with Gasteiger partial charge in [0, 0.05) is 12.1 Å². The smallest absolute Gasteiger partial charge is 0.350 e. The summed E-state index contributed by atoms with van der Waals surface area (Å²) in [4.78, 5) is 40.3. The van der Waals surface area contributed by atoms with Crippen molar-refractivity contribution in [3.8, 4) is 5.82 Å². The average molecular weight is 394 g/mol. The molecule has 10 heteroatoms. The van der Waals surface area contributed by atoms with Crippen LogP contribution in [0, 0.1) is 5.92 Å². The first-order valence-electron chi connectivity index (χ1n) is 8.79. The number of carbonyl (C=O) groups excluding carboxylic acids is 1. The van der Waals surface area contributed by atoms with Gasteiger partial charge in [0.15, 0.2) is 0 Å². The van der Waals surface area contributed by atoms with E-state index in [2.05, 4.69) is 20.5 Å². The Labute approximate surface area is 159 Å². The quantitative estimate of drug-likeness (QED) is 0.524. The highest BCUT2D eigenvalue weighted by molar-refractivity contribution is 6.33. The van der Waals surface area contributed by atoms with Crippen LogP contribution in [-0.2, 0) is 0 Å². The summed E-state index contributed by atoms with van der Waals surface area (Å²) in [6.07, 6.45) is 7.10. The van der Waals surface area contributed by atoms with Crippen LogP contribution in [0.3, 0.4) is 0 Å². The lowest BCUT2D eigenvalue weighted by atomic mass is 9.98. The van der Waals surface area contributed by atoms with Crippen LogP contribution in [0.15, 0.2) is 28.0 Å². The molecule has 1 aliphatic rings. The number of halogens is 1. The molecule has 0 aromatic carbocycles. The summed E-state index contributed by atoms with van der Waals surface area (Å²) in [6, 6.07) is 1.23. The van der Waals surface area contributed by atoms with Gasteiger partial charge in [-0.15, -0.1) is 0 Å². The van der Waals surface area contributed by atoms with Gasteiger partial charge in [-0.2, -0.15) is 5.10 Å². The van der Waals surface area contributed by atoms with E-state index in [1.165, 1.54) is 12.3 Å². The summed E-state index contributed by atoms with van der Waals surface area (Å²) in [6.45, 7) is 0. The Morgan fingerprint density at radius 2 is 1.96 bits per heavy atom. The number of hydrogen-bond acceptors (Lipinski definition) is 6. The molecule has 2 aromatic rings. The van der Waals surface area contributed by atoms with Crippen LogP contribution in [0.2, 0.25) is 5.02 Å². The first-order valence-corrected chi connectivity index (χ1v) is 9.17. The number of aliphatic hydroxyl groups is 1. The number of nitrogens with zero attached hydrogens (tertiary/aromatic N) is 3. The number of nitrogens with one attached hydrogen (secondary N) is 2. The van der Waals surface area contributed by atoms with E-state index in [1.54, 1.807) is 0 Å². The average Bonchev–Trinajstić information content (AvgIpc) is 2.92. The van der Waals surface area contributed by atoms with Crippen LogP contribution < -0.4 is 16.6 Å². The van der Waals surface area contributed by atoms with Crippen LogP contribution in [0.25, 0.3) is 5.82 Å². The zero-order chi connectivity index (χ0) is 19.4. The number of hydrogen-bond donors (Lipinski definition) is 3. The molecule has 1 saturated carbocycles. The molecule has 9 nitrogen and oxygen atoms in total. The van der Waals surface area contributed by atoms with E-state index in [1.807, 2.05) is 0 Å². The number of aromatic amines is 1. The summed E-state index contributed by atoms with van der Waals surface area (Å²) in [5.41, 5.74) is -1.47. The molecule has 0 aliphatic heterocycles. The molecule has 0 bridgehead atoms. The maximum Gasteiger partial charge on any atom is 0.350 e. The van der Waals surface area contributed by atoms with Gasteiger partial charge in [0.05, 0.1) is 10.6 Å². The van der Waals surface area contributed by atoms with Crippen molar-refractivity contribution in [2.24, 2.45) is 5.92 Å². The second-order valence-electron chi connectivity index (χ2n) is 6.54. The standard InChI is InChI=1S/C17H20ClN5O4/c18-12-8-19-13(23-14(24)9-20-22-17(23)27)7-11(12)16(26)21-15(25)10-5-3-1-2-4-6-10/h7-10,15,25H,1-6H2,(H,21,26)(H,22,27). The fourth-order valence-electron chi connectivity index (χ4n) is 3.25. The fourth-order valence-corrected chi connectivity index (χ4v) is 3.44. The molecule has 0 radical (unpaired) electrons. The number of carbonyl (C=O) groups is 1. The minimum atomic E-state index is -0.990. The molecule has 0 saturated heterocycles. The highest BCUT2D eigenvalue weighted by Crippen LogP contribution is 2.25. The topological polar surface area (TPSA) is 130 Å². The monoisotopic (exact) mass is 393 g/mol. The number of H-pyrrole nitrogens is 1. The maximum atomic E-state index is 12.6. The van der Waals surface area contributed by atoms with Gasteiger partial charge in [0.1, 0.15) is 18.2 Å². The molecule has 2 aromatic heterocycles. The Kier molecular flexibility index (Phi) is 6.02. The van der Waals surface area contributed by atoms with Crippen molar-refractivity contribution in [1.29, 1.82) is 0 Å². The molecule has 1 aliphatic carbocycles. The predicted octanol–water partition coefficient (Wildman–Crippen LogP) is 0.988. The molecule has 27 heavy (non-hydrogen) atoms. The molecular weight excluding hydrogens is 374 g/mol. The predicted molar refractivity (Wildman–Crippen MR) is 97.9 cm³/mol. The third-order valence-electron chi connectivity index (χ3n) is 4.70. The molecule has 3 rings (SSSR count). The van der Waals surface area contributed by atoms with Crippen molar-refractivity contribution in [2.75, 3.05) is 0 Å². The molecular formula is C17H20ClN5O4. The van der Waals surface area contributed by atoms with E-state index in [4.69, 9.17) is 11.6 Å². The zero-order valence-electron chi connectivity index (χ0n) is 14.5. The van der Waals surface area contributed by atoms with Gasteiger partial charge >= 0.3 is 5.69 Å². The van der Waals surface area contributed by atoms with Crippen molar-refractivity contribution in [3.05, 3.63) is 49.9 Å². The van der Waals surface area contributed by atoms with Crippen LogP contribution >= 0.6 is 11.6 Å². The summed E-state index contributed by atoms with van der Waals surface area (Å²) >= 11 is 6.06. The van der Waals surface area contributed by atoms with Crippen molar-refractivity contribution in [3.63, 3.8) is 0 Å². The Morgan fingerprint density at radius 1 is 1.26 bits per heavy atom. The molecule has 3 N–H and O–H groups in total. The number of pyridine rings is 1. The molecule has 2 heterocycles. The van der Waals surface area contributed by atoms with Gasteiger partial charge < -0.3 is 10.4 Å². The van der Waals surface area contributed by atoms with Crippen molar-refractivity contribution in [1.82, 2.24) is 25.1 Å². The van der Waals surface area contributed by atoms with Gasteiger partial charge in [-0.3, -0.25) is 9.59 Å². The number of rotatable bonds is 4. The van der Waals surface area contributed by atoms with Crippen LogP contribution in [-0.4, -0.2) is 37.0 Å². The largest absolute Gasteiger partial charge is 0.373 e. The van der Waals surface area contributed by atoms with Gasteiger partial charge in [-0.25, -0.2) is 19.4 Å². The highest BCUT2D eigenvalue weighted by atomic mass is 35.5. The van der Waals surface area contributed by atoms with E-state index < -0.39 is 23.4 Å². The third-order valence-corrected chi connectivity index (χ3v) is 5.00. The normalized spacial score (nSPS) is 16.5. The van der Waals surface area contributed by atoms with Crippen molar-refractivity contribution >= 4 is 17.5 Å². The van der Waals surface area contributed by atoms with Gasteiger partial charge in [-0.1, -0.05) is 37.3 Å². The second-order valence-corrected chi connectivity index (χ2v) is 6.95. The van der Waals surface area contributed by atoms with E-state index in [-0.39, 0.29) is 22.3 Å². The van der Waals surface area contributed by atoms with E-state index >= 15 is 0 Å². The molecule has 0 spiro atoms. The SMILES string of the molecule is O=C(NC(O)C1CCCCCC1)c1cc(-n2c(=O)cn[nH]c2=O)ncc1Cl. The van der Waals surface area contributed by atoms with E-state index in [0.717, 1.165) is 49.3 Å². The molecule has 144 valence electrons. The minimum absolute atomic E-state index is 0.0115. The Hall–Kier alpha value is -2.52. The van der Waals surface area contributed by atoms with Crippen LogP contribution in [0.1, 0.15) is 48.9 Å². The summed E-state index contributed by atoms with van der Waals surface area (Å²) in [7, 11) is 0. The summed E-state index contributed by atoms with van der Waals surface area (Å²) < 4.78 is 0.738. The Bertz CT molecular complexity index is 905. The molecule has 1 atom stereocenters. The molecule has 1 unspecified atom stereocenters. The molecule has 1 fully saturated rings. The number of amides is 1. The van der Waals surface area contributed by atoms with Gasteiger partial charge in [0.25, 0.3) is 11.5 Å². The van der Waals surface area contributed by atoms with E-state index in [0.29, 0.717) is 0 Å². The first kappa shape index (κ1) is 19.2. The van der Waals surface area contributed by atoms with Crippen molar-refractivity contribution in [2.45, 2.75) is 44.8 Å². The second kappa shape index (κ2) is 8.45. The zero-order valence-corrected chi connectivity index (χ0v) is 15.3. The third kappa shape index (κ3) is 4.42. The highest BCUT2D eigenvalue weighted by Gasteiger charge is 2.24. The van der Waals surface area contributed by atoms with Crippen LogP contribution in [0.4, 0.5) is 0 Å². The maximum absolute atomic E-state index is 12.6. The fraction of sp³-hybridized carbons (Fsp3) is 0.471. The van der Waals surface area contributed by atoms with Crippen LogP contribution in [0.5, 0.6) is 0 Å². The summed E-state index contributed by atoms with van der Waals surface area (Å²) in [5, 5.41) is 18.5. The minimum Gasteiger partial charge on any atom is -0.373 e. The lowest BCUT2D eigenvalue weighted by molar-refractivity contribution is 0.0532. The van der Waals surface area contributed by atoms with Crippen molar-refractivity contribution < 1.29 is 9.90 Å². The Balaban J connectivity index is 1.84. The van der Waals surface area contributed by atoms with Gasteiger partial charge in [0.2, 0.25) is 0 Å². The lowest BCUT2D eigenvalue weighted by Crippen LogP contribution is -2.40. The lowest BCUT2D eigenvalue weighted by Gasteiger charge is -2.22. The number of aromatic nitrogens is 4. The molecule has 1 amide bonds. The van der Waals surface area contributed by atoms with E-state index in [9.17, 15) is 19.5 Å².